The lowest BCUT2D eigenvalue weighted by molar-refractivity contribution is 0.689. The van der Waals surface area contributed by atoms with Gasteiger partial charge in [0.1, 0.15) is 0 Å². The molecule has 0 aromatic carbocycles. The molecule has 6 heavy (non-hydrogen) atoms. The second-order valence-electron chi connectivity index (χ2n) is 1.36. The van der Waals surface area contributed by atoms with Gasteiger partial charge in [0, 0.05) is 17.9 Å². The van der Waals surface area contributed by atoms with E-state index >= 15 is 0 Å². The van der Waals surface area contributed by atoms with Gasteiger partial charge in [-0.1, -0.05) is 15.9 Å². The minimum atomic E-state index is 0.637. The van der Waals surface area contributed by atoms with Crippen LogP contribution in [0.5, 0.6) is 0 Å². The Kier molecular flexibility index (Phi) is 1.45. The molecule has 0 amide bonds. The van der Waals surface area contributed by atoms with Crippen molar-refractivity contribution >= 4 is 15.9 Å². The lowest BCUT2D eigenvalue weighted by atomic mass is 10.5. The molecule has 36 valence electrons. The van der Waals surface area contributed by atoms with Crippen LogP contribution >= 0.6 is 15.9 Å². The summed E-state index contributed by atoms with van der Waals surface area (Å²) in [5.41, 5.74) is 5.95. The van der Waals surface area contributed by atoms with E-state index in [2.05, 4.69) is 26.8 Å². The molecule has 0 aliphatic carbocycles. The summed E-state index contributed by atoms with van der Waals surface area (Å²) < 4.78 is 0. The zero-order valence-corrected chi connectivity index (χ0v) is 4.96. The first-order chi connectivity index (χ1) is 2.89. The number of rotatable bonds is 0. The smallest absolute Gasteiger partial charge is 0.0423 e. The Morgan fingerprint density at radius 1 is 1.33 bits per heavy atom. The fourth-order valence-electron chi connectivity index (χ4n) is 0.438. The van der Waals surface area contributed by atoms with Crippen LogP contribution in [0.1, 0.15) is 0 Å². The summed E-state index contributed by atoms with van der Waals surface area (Å²) in [6.07, 6.45) is 0. The molecule has 1 aliphatic rings. The molecular weight excluding hydrogens is 144 g/mol. The average Bonchev–Trinajstić information content (AvgIpc) is 1.86. The Balaban J connectivity index is 2.18. The highest BCUT2D eigenvalue weighted by Gasteiger charge is 2.07. The van der Waals surface area contributed by atoms with Gasteiger partial charge < -0.3 is 0 Å². The summed E-state index contributed by atoms with van der Waals surface area (Å²) in [4.78, 5) is 0.637. The van der Waals surface area contributed by atoms with Crippen LogP contribution in [0.25, 0.3) is 0 Å². The Morgan fingerprint density at radius 3 is 2.00 bits per heavy atom. The lowest BCUT2D eigenvalue weighted by Crippen LogP contribution is -2.21. The van der Waals surface area contributed by atoms with Gasteiger partial charge in [-0.05, 0) is 0 Å². The molecule has 0 aromatic rings. The van der Waals surface area contributed by atoms with Gasteiger partial charge in [0.05, 0.1) is 0 Å². The third-order valence-electron chi connectivity index (χ3n) is 0.772. The third kappa shape index (κ3) is 0.929. The highest BCUT2D eigenvalue weighted by Crippen LogP contribution is 1.97. The van der Waals surface area contributed by atoms with Crippen molar-refractivity contribution in [2.24, 2.45) is 0 Å². The fraction of sp³-hybridized carbons (Fsp3) is 1.00. The highest BCUT2D eigenvalue weighted by atomic mass is 79.9. The zero-order valence-electron chi connectivity index (χ0n) is 3.37. The number of hydrogen-bond donors (Lipinski definition) is 2. The average molecular weight is 151 g/mol. The summed E-state index contributed by atoms with van der Waals surface area (Å²) in [5, 5.41) is 0. The first-order valence-corrected chi connectivity index (χ1v) is 2.91. The molecule has 2 N–H and O–H groups in total. The van der Waals surface area contributed by atoms with Gasteiger partial charge in [-0.2, -0.15) is 0 Å². The molecule has 0 spiro atoms. The third-order valence-corrected chi connectivity index (χ3v) is 1.42. The molecule has 1 aliphatic heterocycles. The van der Waals surface area contributed by atoms with E-state index < -0.39 is 0 Å². The lowest BCUT2D eigenvalue weighted by Gasteiger charge is -1.86. The van der Waals surface area contributed by atoms with Crippen LogP contribution in [-0.2, 0) is 0 Å². The van der Waals surface area contributed by atoms with Gasteiger partial charge in [0.15, 0.2) is 0 Å². The van der Waals surface area contributed by atoms with Crippen LogP contribution in [0.2, 0.25) is 0 Å². The van der Waals surface area contributed by atoms with E-state index in [1.165, 1.54) is 0 Å². The molecule has 0 aromatic heterocycles. The van der Waals surface area contributed by atoms with E-state index in [1.54, 1.807) is 0 Å². The van der Waals surface area contributed by atoms with Crippen molar-refractivity contribution in [3.8, 4) is 0 Å². The maximum atomic E-state index is 3.41. The van der Waals surface area contributed by atoms with E-state index in [0.29, 0.717) is 4.83 Å². The predicted molar refractivity (Wildman–Crippen MR) is 28.7 cm³/mol. The first-order valence-electron chi connectivity index (χ1n) is 1.99. The quantitative estimate of drug-likeness (QED) is 0.471. The van der Waals surface area contributed by atoms with E-state index in [1.807, 2.05) is 0 Å². The zero-order chi connectivity index (χ0) is 4.41. The molecular formula is C3H7BrN2. The highest BCUT2D eigenvalue weighted by molar-refractivity contribution is 9.09. The molecule has 1 fully saturated rings. The Hall–Kier alpha value is 0.400. The van der Waals surface area contributed by atoms with Gasteiger partial charge in [0.2, 0.25) is 0 Å². The van der Waals surface area contributed by atoms with Gasteiger partial charge >= 0.3 is 0 Å². The molecule has 0 atom stereocenters. The Labute approximate surface area is 45.4 Å². The largest absolute Gasteiger partial charge is 0.257 e. The van der Waals surface area contributed by atoms with Crippen LogP contribution < -0.4 is 10.9 Å². The Bertz CT molecular complexity index is 42.1. The van der Waals surface area contributed by atoms with Crippen molar-refractivity contribution < 1.29 is 0 Å². The second kappa shape index (κ2) is 1.91. The van der Waals surface area contributed by atoms with Crippen molar-refractivity contribution in [3.05, 3.63) is 0 Å². The fourth-order valence-corrected chi connectivity index (χ4v) is 0.762. The van der Waals surface area contributed by atoms with Crippen LogP contribution in [0.3, 0.4) is 0 Å². The molecule has 1 rings (SSSR count). The summed E-state index contributed by atoms with van der Waals surface area (Å²) in [5.74, 6) is 0. The van der Waals surface area contributed by atoms with Crippen molar-refractivity contribution in [1.29, 1.82) is 0 Å². The summed E-state index contributed by atoms with van der Waals surface area (Å²) in [6.45, 7) is 2.08. The van der Waals surface area contributed by atoms with Crippen molar-refractivity contribution in [2.75, 3.05) is 13.1 Å². The summed E-state index contributed by atoms with van der Waals surface area (Å²) in [7, 11) is 0. The molecule has 0 radical (unpaired) electrons. The number of nitrogens with one attached hydrogen (secondary N) is 2. The number of hydrogen-bond acceptors (Lipinski definition) is 2. The van der Waals surface area contributed by atoms with E-state index in [-0.39, 0.29) is 0 Å². The van der Waals surface area contributed by atoms with Gasteiger partial charge in [-0.25, -0.2) is 0 Å². The predicted octanol–water partition coefficient (Wildman–Crippen LogP) is -0.142. The second-order valence-corrected chi connectivity index (χ2v) is 2.65. The standard InChI is InChI=1S/C3H7BrN2/c4-3-1-5-6-2-3/h3,5-6H,1-2H2. The number of halogens is 1. The van der Waals surface area contributed by atoms with E-state index in [0.717, 1.165) is 13.1 Å². The van der Waals surface area contributed by atoms with E-state index in [4.69, 9.17) is 0 Å². The SMILES string of the molecule is BrC1CNNC1. The van der Waals surface area contributed by atoms with Crippen LogP contribution in [0.15, 0.2) is 0 Å². The molecule has 0 bridgehead atoms. The van der Waals surface area contributed by atoms with Crippen LogP contribution in [-0.4, -0.2) is 17.9 Å². The summed E-state index contributed by atoms with van der Waals surface area (Å²) in [6, 6.07) is 0. The molecule has 1 heterocycles. The maximum absolute atomic E-state index is 3.41. The normalized spacial score (nSPS) is 25.5. The van der Waals surface area contributed by atoms with Crippen molar-refractivity contribution in [3.63, 3.8) is 0 Å². The number of hydrazine groups is 1. The molecule has 0 unspecified atom stereocenters. The Morgan fingerprint density at radius 2 is 1.83 bits per heavy atom. The minimum Gasteiger partial charge on any atom is -0.257 e. The van der Waals surface area contributed by atoms with Crippen LogP contribution in [0, 0.1) is 0 Å². The first kappa shape index (κ1) is 4.56. The molecule has 1 saturated heterocycles. The van der Waals surface area contributed by atoms with Crippen molar-refractivity contribution in [2.45, 2.75) is 4.83 Å². The van der Waals surface area contributed by atoms with E-state index in [9.17, 15) is 0 Å². The summed E-state index contributed by atoms with van der Waals surface area (Å²) >= 11 is 3.41. The number of alkyl halides is 1. The van der Waals surface area contributed by atoms with Gasteiger partial charge in [-0.3, -0.25) is 10.9 Å². The monoisotopic (exact) mass is 150 g/mol. The van der Waals surface area contributed by atoms with Crippen LogP contribution in [0.4, 0.5) is 0 Å². The molecule has 2 nitrogen and oxygen atoms in total. The van der Waals surface area contributed by atoms with Gasteiger partial charge in [-0.15, -0.1) is 0 Å². The van der Waals surface area contributed by atoms with Gasteiger partial charge in [0.25, 0.3) is 0 Å². The molecule has 0 saturated carbocycles. The topological polar surface area (TPSA) is 24.1 Å². The minimum absolute atomic E-state index is 0.637. The molecule has 3 heteroatoms. The maximum Gasteiger partial charge on any atom is 0.0423 e. The van der Waals surface area contributed by atoms with Crippen molar-refractivity contribution in [1.82, 2.24) is 10.9 Å².